The van der Waals surface area contributed by atoms with Gasteiger partial charge in [-0.25, -0.2) is 13.1 Å². The zero-order valence-corrected chi connectivity index (χ0v) is 20.8. The molecule has 1 unspecified atom stereocenters. The zero-order valence-electron chi connectivity index (χ0n) is 20.0. The van der Waals surface area contributed by atoms with Crippen molar-refractivity contribution in [3.8, 4) is 11.5 Å². The molecular formula is C26H34N2O5S. The minimum absolute atomic E-state index is 0.0172. The molecule has 1 atom stereocenters. The summed E-state index contributed by atoms with van der Waals surface area (Å²) in [6.45, 7) is 0.629. The lowest BCUT2D eigenvalue weighted by Crippen LogP contribution is -2.35. The Labute approximate surface area is 202 Å². The molecule has 1 heterocycles. The van der Waals surface area contributed by atoms with Gasteiger partial charge in [-0.05, 0) is 61.6 Å². The molecule has 2 aliphatic rings. The number of benzene rings is 2. The van der Waals surface area contributed by atoms with Gasteiger partial charge in [0.1, 0.15) is 16.4 Å². The fourth-order valence-electron chi connectivity index (χ4n) is 5.04. The Kier molecular flexibility index (Phi) is 7.78. The fourth-order valence-corrected chi connectivity index (χ4v) is 6.54. The summed E-state index contributed by atoms with van der Waals surface area (Å²) in [7, 11) is -0.737. The molecular weight excluding hydrogens is 452 g/mol. The van der Waals surface area contributed by atoms with Gasteiger partial charge in [0, 0.05) is 18.2 Å². The van der Waals surface area contributed by atoms with Crippen LogP contribution >= 0.6 is 0 Å². The third-order valence-electron chi connectivity index (χ3n) is 6.89. The molecule has 34 heavy (non-hydrogen) atoms. The van der Waals surface area contributed by atoms with Crippen molar-refractivity contribution >= 4 is 15.9 Å². The number of hydrogen-bond acceptors (Lipinski definition) is 5. The molecule has 8 heteroatoms. The van der Waals surface area contributed by atoms with Gasteiger partial charge in [-0.15, -0.1) is 0 Å². The lowest BCUT2D eigenvalue weighted by atomic mass is 10.00. The first-order valence-electron chi connectivity index (χ1n) is 12.1. The van der Waals surface area contributed by atoms with E-state index >= 15 is 0 Å². The number of carbonyl (C=O) groups excluding carboxylic acids is 1. The van der Waals surface area contributed by atoms with Crippen molar-refractivity contribution in [3.63, 3.8) is 0 Å². The van der Waals surface area contributed by atoms with E-state index in [1.54, 1.807) is 19.2 Å². The van der Waals surface area contributed by atoms with E-state index < -0.39 is 10.0 Å². The van der Waals surface area contributed by atoms with Gasteiger partial charge in [0.15, 0.2) is 0 Å². The molecule has 1 saturated heterocycles. The van der Waals surface area contributed by atoms with Crippen molar-refractivity contribution in [1.29, 1.82) is 0 Å². The van der Waals surface area contributed by atoms with Crippen molar-refractivity contribution < 1.29 is 22.7 Å². The highest BCUT2D eigenvalue weighted by atomic mass is 32.2. The second-order valence-corrected chi connectivity index (χ2v) is 10.8. The highest BCUT2D eigenvalue weighted by molar-refractivity contribution is 7.89. The highest BCUT2D eigenvalue weighted by Gasteiger charge is 2.30. The average Bonchev–Trinajstić information content (AvgIpc) is 3.23. The first-order valence-corrected chi connectivity index (χ1v) is 13.6. The van der Waals surface area contributed by atoms with Crippen LogP contribution in [-0.2, 0) is 10.0 Å². The molecule has 184 valence electrons. The van der Waals surface area contributed by atoms with E-state index in [9.17, 15) is 13.2 Å². The van der Waals surface area contributed by atoms with Crippen LogP contribution in [0.5, 0.6) is 11.5 Å². The Morgan fingerprint density at radius 1 is 0.912 bits per heavy atom. The number of sulfonamides is 1. The maximum Gasteiger partial charge on any atom is 0.254 e. The lowest BCUT2D eigenvalue weighted by molar-refractivity contribution is 0.0680. The minimum atomic E-state index is -3.81. The molecule has 0 aromatic heterocycles. The largest absolute Gasteiger partial charge is 0.497 e. The smallest absolute Gasteiger partial charge is 0.254 e. The number of methoxy groups -OCH3 is 2. The summed E-state index contributed by atoms with van der Waals surface area (Å²) in [6, 6.07) is 12.4. The van der Waals surface area contributed by atoms with Gasteiger partial charge in [-0.3, -0.25) is 4.79 Å². The van der Waals surface area contributed by atoms with E-state index in [4.69, 9.17) is 9.47 Å². The monoisotopic (exact) mass is 486 g/mol. The van der Waals surface area contributed by atoms with Crippen LogP contribution in [0, 0.1) is 0 Å². The molecule has 1 amide bonds. The van der Waals surface area contributed by atoms with E-state index in [1.165, 1.54) is 13.2 Å². The maximum absolute atomic E-state index is 13.7. The summed E-state index contributed by atoms with van der Waals surface area (Å²) in [4.78, 5) is 15.6. The van der Waals surface area contributed by atoms with E-state index in [1.807, 2.05) is 29.2 Å². The van der Waals surface area contributed by atoms with E-state index in [-0.39, 0.29) is 28.6 Å². The molecule has 0 spiro atoms. The predicted octanol–water partition coefficient (Wildman–Crippen LogP) is 4.68. The van der Waals surface area contributed by atoms with Crippen LogP contribution in [0.2, 0.25) is 0 Å². The molecule has 1 aliphatic heterocycles. The number of carbonyl (C=O) groups is 1. The van der Waals surface area contributed by atoms with Crippen molar-refractivity contribution in [2.24, 2.45) is 0 Å². The Morgan fingerprint density at radius 3 is 2.29 bits per heavy atom. The van der Waals surface area contributed by atoms with E-state index in [2.05, 4.69) is 4.72 Å². The van der Waals surface area contributed by atoms with Crippen molar-refractivity contribution in [3.05, 3.63) is 53.6 Å². The second kappa shape index (κ2) is 10.8. The first kappa shape index (κ1) is 24.5. The topological polar surface area (TPSA) is 84.9 Å². The molecule has 2 fully saturated rings. The number of ether oxygens (including phenoxy) is 2. The summed E-state index contributed by atoms with van der Waals surface area (Å²) in [5, 5.41) is 0. The van der Waals surface area contributed by atoms with Gasteiger partial charge in [0.25, 0.3) is 5.91 Å². The average molecular weight is 487 g/mol. The second-order valence-electron chi connectivity index (χ2n) is 9.11. The van der Waals surface area contributed by atoms with E-state index in [0.717, 1.165) is 62.7 Å². The third-order valence-corrected chi connectivity index (χ3v) is 8.43. The van der Waals surface area contributed by atoms with Crippen LogP contribution in [0.3, 0.4) is 0 Å². The van der Waals surface area contributed by atoms with Gasteiger partial charge in [0.2, 0.25) is 10.0 Å². The highest BCUT2D eigenvalue weighted by Crippen LogP contribution is 2.34. The molecule has 0 radical (unpaired) electrons. The SMILES string of the molecule is COc1ccc(C2CCCCCN2C(=O)c2ccc(OC)c(S(=O)(=O)NC3CCCC3)c2)cc1. The summed E-state index contributed by atoms with van der Waals surface area (Å²) < 4.78 is 39.8. The van der Waals surface area contributed by atoms with E-state index in [0.29, 0.717) is 12.1 Å². The molecule has 2 aromatic carbocycles. The first-order chi connectivity index (χ1) is 16.4. The summed E-state index contributed by atoms with van der Waals surface area (Å²) in [6.07, 6.45) is 7.58. The Balaban J connectivity index is 1.65. The maximum atomic E-state index is 13.7. The normalized spacial score (nSPS) is 19.6. The molecule has 2 aromatic rings. The van der Waals surface area contributed by atoms with Crippen LogP contribution in [0.15, 0.2) is 47.4 Å². The number of amides is 1. The summed E-state index contributed by atoms with van der Waals surface area (Å²) in [5.74, 6) is 0.849. The van der Waals surface area contributed by atoms with Crippen molar-refractivity contribution in [2.45, 2.75) is 68.3 Å². The van der Waals surface area contributed by atoms with Gasteiger partial charge >= 0.3 is 0 Å². The Morgan fingerprint density at radius 2 is 1.62 bits per heavy atom. The standard InChI is InChI=1S/C26H34N2O5S/c1-32-22-14-11-19(12-15-22)23-10-4-3-7-17-28(23)26(29)20-13-16-24(33-2)25(18-20)34(30,31)27-21-8-5-6-9-21/h11-16,18,21,23,27H,3-10,17H2,1-2H3. The minimum Gasteiger partial charge on any atom is -0.497 e. The number of hydrogen-bond donors (Lipinski definition) is 1. The molecule has 0 bridgehead atoms. The molecule has 1 N–H and O–H groups in total. The van der Waals surface area contributed by atoms with Gasteiger partial charge < -0.3 is 14.4 Å². The van der Waals surface area contributed by atoms with Crippen LogP contribution in [0.4, 0.5) is 0 Å². The molecule has 4 rings (SSSR count). The molecule has 1 aliphatic carbocycles. The van der Waals surface area contributed by atoms with Crippen LogP contribution in [-0.4, -0.2) is 46.0 Å². The number of likely N-dealkylation sites (tertiary alicyclic amines) is 1. The zero-order chi connectivity index (χ0) is 24.1. The van der Waals surface area contributed by atoms with Gasteiger partial charge in [0.05, 0.1) is 20.3 Å². The predicted molar refractivity (Wildman–Crippen MR) is 131 cm³/mol. The quantitative estimate of drug-likeness (QED) is 0.614. The lowest BCUT2D eigenvalue weighted by Gasteiger charge is -2.31. The third kappa shape index (κ3) is 5.39. The van der Waals surface area contributed by atoms with Crippen molar-refractivity contribution in [2.75, 3.05) is 20.8 Å². The van der Waals surface area contributed by atoms with Gasteiger partial charge in [-0.2, -0.15) is 0 Å². The Bertz CT molecular complexity index is 1090. The van der Waals surface area contributed by atoms with Crippen LogP contribution in [0.1, 0.15) is 73.3 Å². The number of nitrogens with one attached hydrogen (secondary N) is 1. The summed E-state index contributed by atoms with van der Waals surface area (Å²) in [5.41, 5.74) is 1.41. The summed E-state index contributed by atoms with van der Waals surface area (Å²) >= 11 is 0. The van der Waals surface area contributed by atoms with Crippen molar-refractivity contribution in [1.82, 2.24) is 9.62 Å². The molecule has 7 nitrogen and oxygen atoms in total. The van der Waals surface area contributed by atoms with Crippen LogP contribution in [0.25, 0.3) is 0 Å². The van der Waals surface area contributed by atoms with Gasteiger partial charge in [-0.1, -0.05) is 37.8 Å². The number of nitrogens with zero attached hydrogens (tertiary/aromatic N) is 1. The number of rotatable bonds is 7. The Hall–Kier alpha value is -2.58. The molecule has 1 saturated carbocycles. The fraction of sp³-hybridized carbons (Fsp3) is 0.500. The van der Waals surface area contributed by atoms with Crippen LogP contribution < -0.4 is 14.2 Å².